The molecule has 0 saturated carbocycles. The van der Waals surface area contributed by atoms with E-state index in [9.17, 15) is 27.6 Å². The van der Waals surface area contributed by atoms with Crippen LogP contribution in [0.3, 0.4) is 0 Å². The molecule has 1 spiro atoms. The van der Waals surface area contributed by atoms with Crippen molar-refractivity contribution >= 4 is 56.9 Å². The highest BCUT2D eigenvalue weighted by Crippen LogP contribution is 2.56. The van der Waals surface area contributed by atoms with Crippen LogP contribution in [0, 0.1) is 5.41 Å². The van der Waals surface area contributed by atoms with E-state index in [0.717, 1.165) is 7.11 Å². The quantitative estimate of drug-likeness (QED) is 0.463. The second-order valence-electron chi connectivity index (χ2n) is 8.01. The lowest BCUT2D eigenvalue weighted by Gasteiger charge is -2.50. The van der Waals surface area contributed by atoms with Gasteiger partial charge < -0.3 is 4.74 Å². The van der Waals surface area contributed by atoms with Gasteiger partial charge in [-0.3, -0.25) is 25.0 Å². The number of barbiturate groups is 1. The molecule has 2 N–H and O–H groups in total. The molecule has 178 valence electrons. The van der Waals surface area contributed by atoms with Gasteiger partial charge in [-0.2, -0.15) is 0 Å². The summed E-state index contributed by atoms with van der Waals surface area (Å²) in [4.78, 5) is 52.0. The average Bonchev–Trinajstić information content (AvgIpc) is 2.77. The molecule has 4 rings (SSSR count). The molecule has 0 unspecified atom stereocenters. The second-order valence-corrected chi connectivity index (χ2v) is 11.1. The number of urea groups is 1. The summed E-state index contributed by atoms with van der Waals surface area (Å²) in [6, 6.07) is 10.7. The molecule has 2 aliphatic heterocycles. The number of hydrogen-bond donors (Lipinski definition) is 2. The van der Waals surface area contributed by atoms with E-state index in [1.807, 2.05) is 0 Å². The Morgan fingerprint density at radius 3 is 1.85 bits per heavy atom. The molecule has 3 atom stereocenters. The van der Waals surface area contributed by atoms with Crippen LogP contribution >= 0.6 is 23.2 Å². The summed E-state index contributed by atoms with van der Waals surface area (Å²) in [5, 5.41) is 2.95. The first kappa shape index (κ1) is 24.2. The lowest BCUT2D eigenvalue weighted by Crippen LogP contribution is -2.71. The van der Waals surface area contributed by atoms with Crippen molar-refractivity contribution in [3.05, 3.63) is 69.7 Å². The first-order valence-corrected chi connectivity index (χ1v) is 12.5. The number of benzene rings is 2. The summed E-state index contributed by atoms with van der Waals surface area (Å²) in [5.74, 6) is -6.71. The Labute approximate surface area is 204 Å². The van der Waals surface area contributed by atoms with Gasteiger partial charge >= 0.3 is 12.0 Å². The van der Waals surface area contributed by atoms with Crippen LogP contribution in [0.1, 0.15) is 23.0 Å². The van der Waals surface area contributed by atoms with E-state index in [0.29, 0.717) is 15.6 Å². The minimum atomic E-state index is -4.27. The van der Waals surface area contributed by atoms with Gasteiger partial charge in [0.15, 0.2) is 15.1 Å². The van der Waals surface area contributed by atoms with Gasteiger partial charge in [-0.15, -0.1) is 0 Å². The van der Waals surface area contributed by atoms with Crippen LogP contribution in [0.2, 0.25) is 10.0 Å². The summed E-state index contributed by atoms with van der Waals surface area (Å²) in [6.07, 6.45) is 0. The number of amides is 4. The molecular weight excluding hydrogens is 507 g/mol. The molecule has 0 radical (unpaired) electrons. The van der Waals surface area contributed by atoms with E-state index in [1.54, 1.807) is 0 Å². The number of hydrogen-bond acceptors (Lipinski definition) is 7. The Morgan fingerprint density at radius 2 is 1.38 bits per heavy atom. The minimum Gasteiger partial charge on any atom is -0.468 e. The van der Waals surface area contributed by atoms with Gasteiger partial charge in [0.1, 0.15) is 5.41 Å². The predicted octanol–water partition coefficient (Wildman–Crippen LogP) is 2.18. The number of nitrogens with one attached hydrogen (secondary N) is 2. The molecule has 2 heterocycles. The van der Waals surface area contributed by atoms with Crippen LogP contribution < -0.4 is 10.6 Å². The standard InChI is InChI=1S/C22H18Cl2N2O7S/c1-33-18(27)17-16(12-4-8-14(24)9-5-12)22(19(28)25-21(30)26-20(22)29)15(10-34(17,31)32)11-2-6-13(23)7-3-11/h2-9,15-17H,10H2,1H3,(H2,25,26,28,29,30)/t15-,16-,17+/m0/s1. The van der Waals surface area contributed by atoms with Gasteiger partial charge in [0.2, 0.25) is 11.8 Å². The number of methoxy groups -OCH3 is 1. The number of carbonyl (C=O) groups is 4. The van der Waals surface area contributed by atoms with Crippen LogP contribution in [-0.2, 0) is 29.0 Å². The molecule has 2 aromatic carbocycles. The molecule has 34 heavy (non-hydrogen) atoms. The Kier molecular flexibility index (Phi) is 6.17. The molecule has 2 fully saturated rings. The van der Waals surface area contributed by atoms with Crippen molar-refractivity contribution in [1.29, 1.82) is 0 Å². The van der Waals surface area contributed by atoms with Gasteiger partial charge in [-0.1, -0.05) is 47.5 Å². The summed E-state index contributed by atoms with van der Waals surface area (Å²) in [7, 11) is -3.26. The van der Waals surface area contributed by atoms with Crippen molar-refractivity contribution in [3.8, 4) is 0 Å². The van der Waals surface area contributed by atoms with E-state index < -0.39 is 61.9 Å². The van der Waals surface area contributed by atoms with Crippen molar-refractivity contribution in [1.82, 2.24) is 10.6 Å². The van der Waals surface area contributed by atoms with E-state index >= 15 is 0 Å². The Balaban J connectivity index is 2.08. The SMILES string of the molecule is COC(=O)[C@H]1[C@H](c2ccc(Cl)cc2)C2(C(=O)NC(=O)NC2=O)[C@H](c2ccc(Cl)cc2)CS1(=O)=O. The fourth-order valence-corrected chi connectivity index (χ4v) is 7.39. The van der Waals surface area contributed by atoms with Crippen molar-refractivity contribution in [2.24, 2.45) is 5.41 Å². The van der Waals surface area contributed by atoms with Crippen LogP contribution in [0.4, 0.5) is 4.79 Å². The monoisotopic (exact) mass is 524 g/mol. The number of carbonyl (C=O) groups excluding carboxylic acids is 4. The topological polar surface area (TPSA) is 136 Å². The van der Waals surface area contributed by atoms with Crippen LogP contribution in [-0.4, -0.2) is 50.3 Å². The van der Waals surface area contributed by atoms with E-state index in [4.69, 9.17) is 27.9 Å². The summed E-state index contributed by atoms with van der Waals surface area (Å²) < 4.78 is 31.8. The number of rotatable bonds is 3. The zero-order valence-corrected chi connectivity index (χ0v) is 19.9. The summed E-state index contributed by atoms with van der Waals surface area (Å²) in [5.41, 5.74) is -1.70. The third-order valence-corrected chi connectivity index (χ3v) is 8.81. The van der Waals surface area contributed by atoms with Crippen molar-refractivity contribution in [2.45, 2.75) is 17.1 Å². The van der Waals surface area contributed by atoms with Crippen LogP contribution in [0.5, 0.6) is 0 Å². The maximum Gasteiger partial charge on any atom is 0.328 e. The highest BCUT2D eigenvalue weighted by atomic mass is 35.5. The maximum atomic E-state index is 13.6. The Bertz CT molecular complexity index is 1270. The molecule has 2 saturated heterocycles. The predicted molar refractivity (Wildman–Crippen MR) is 122 cm³/mol. The van der Waals surface area contributed by atoms with E-state index in [2.05, 4.69) is 10.6 Å². The highest BCUT2D eigenvalue weighted by molar-refractivity contribution is 7.92. The molecule has 4 amide bonds. The van der Waals surface area contributed by atoms with Crippen molar-refractivity contribution in [2.75, 3.05) is 12.9 Å². The van der Waals surface area contributed by atoms with Crippen LogP contribution in [0.25, 0.3) is 0 Å². The van der Waals surface area contributed by atoms with Crippen molar-refractivity contribution in [3.63, 3.8) is 0 Å². The number of halogens is 2. The van der Waals surface area contributed by atoms with Gasteiger partial charge in [0, 0.05) is 21.9 Å². The molecule has 0 aromatic heterocycles. The third kappa shape index (κ3) is 3.75. The average molecular weight is 525 g/mol. The second kappa shape index (κ2) is 8.68. The fraction of sp³-hybridized carbons (Fsp3) is 0.273. The molecule has 9 nitrogen and oxygen atoms in total. The maximum absolute atomic E-state index is 13.6. The lowest BCUT2D eigenvalue weighted by molar-refractivity contribution is -0.150. The Hall–Kier alpha value is -2.95. The van der Waals surface area contributed by atoms with Gasteiger partial charge in [0.25, 0.3) is 0 Å². The molecular formula is C22H18Cl2N2O7S. The first-order chi connectivity index (χ1) is 16.0. The fourth-order valence-electron chi connectivity index (χ4n) is 4.84. The molecule has 12 heteroatoms. The Morgan fingerprint density at radius 1 is 0.912 bits per heavy atom. The van der Waals surface area contributed by atoms with Gasteiger partial charge in [-0.05, 0) is 35.4 Å². The number of imide groups is 2. The lowest BCUT2D eigenvalue weighted by atomic mass is 9.59. The summed E-state index contributed by atoms with van der Waals surface area (Å²) in [6.45, 7) is 0. The highest BCUT2D eigenvalue weighted by Gasteiger charge is 2.69. The van der Waals surface area contributed by atoms with Crippen molar-refractivity contribution < 1.29 is 32.3 Å². The number of sulfone groups is 1. The largest absolute Gasteiger partial charge is 0.468 e. The minimum absolute atomic E-state index is 0.182. The van der Waals surface area contributed by atoms with E-state index in [-0.39, 0.29) is 5.56 Å². The molecule has 2 aromatic rings. The molecule has 0 bridgehead atoms. The van der Waals surface area contributed by atoms with E-state index in [1.165, 1.54) is 48.5 Å². The zero-order valence-electron chi connectivity index (χ0n) is 17.6. The first-order valence-electron chi connectivity index (χ1n) is 9.99. The number of esters is 1. The smallest absolute Gasteiger partial charge is 0.328 e. The number of ether oxygens (including phenoxy) is 1. The van der Waals surface area contributed by atoms with Gasteiger partial charge in [-0.25, -0.2) is 13.2 Å². The summed E-state index contributed by atoms with van der Waals surface area (Å²) >= 11 is 12.0. The third-order valence-electron chi connectivity index (χ3n) is 6.27. The normalized spacial score (nSPS) is 25.4. The zero-order chi connectivity index (χ0) is 24.8. The molecule has 2 aliphatic rings. The van der Waals surface area contributed by atoms with Gasteiger partial charge in [0.05, 0.1) is 12.9 Å². The molecule has 0 aliphatic carbocycles. The van der Waals surface area contributed by atoms with Crippen LogP contribution in [0.15, 0.2) is 48.5 Å².